The van der Waals surface area contributed by atoms with Crippen molar-refractivity contribution in [3.05, 3.63) is 140 Å². The van der Waals surface area contributed by atoms with Crippen molar-refractivity contribution in [1.82, 2.24) is 4.98 Å². The van der Waals surface area contributed by atoms with Gasteiger partial charge in [0.05, 0.1) is 10.2 Å². The predicted molar refractivity (Wildman–Crippen MR) is 163 cm³/mol. The summed E-state index contributed by atoms with van der Waals surface area (Å²) in [4.78, 5) is 4.77. The molecule has 1 N–H and O–H groups in total. The second kappa shape index (κ2) is 9.62. The van der Waals surface area contributed by atoms with Gasteiger partial charge in [-0.15, -0.1) is 11.3 Å². The Morgan fingerprint density at radius 3 is 1.79 bits per heavy atom. The smallest absolute Gasteiger partial charge is 0.124 e. The van der Waals surface area contributed by atoms with Crippen LogP contribution in [0.4, 0.5) is 11.4 Å². The van der Waals surface area contributed by atoms with Gasteiger partial charge in [0.1, 0.15) is 5.01 Å². The summed E-state index contributed by atoms with van der Waals surface area (Å²) in [6.07, 6.45) is 0. The van der Waals surface area contributed by atoms with E-state index in [2.05, 4.69) is 139 Å². The first-order valence-electron chi connectivity index (χ1n) is 12.7. The Balaban J connectivity index is 1.06. The first-order valence-corrected chi connectivity index (χ1v) is 13.5. The number of thiazole rings is 1. The molecule has 0 atom stereocenters. The third-order valence-corrected chi connectivity index (χ3v) is 8.00. The quantitative estimate of drug-likeness (QED) is 0.252. The van der Waals surface area contributed by atoms with E-state index >= 15 is 0 Å². The average molecular weight is 505 g/mol. The van der Waals surface area contributed by atoms with Gasteiger partial charge in [-0.05, 0) is 81.6 Å². The van der Waals surface area contributed by atoms with Crippen LogP contribution in [-0.4, -0.2) is 4.98 Å². The minimum Gasteiger partial charge on any atom is -0.356 e. The lowest BCUT2D eigenvalue weighted by atomic mass is 9.96. The van der Waals surface area contributed by atoms with E-state index in [1.807, 2.05) is 6.07 Å². The van der Waals surface area contributed by atoms with Crippen molar-refractivity contribution >= 4 is 43.7 Å². The van der Waals surface area contributed by atoms with Crippen LogP contribution in [0.2, 0.25) is 0 Å². The fraction of sp³-hybridized carbons (Fsp3) is 0. The van der Waals surface area contributed by atoms with Crippen LogP contribution in [0.3, 0.4) is 0 Å². The van der Waals surface area contributed by atoms with Gasteiger partial charge >= 0.3 is 0 Å². The van der Waals surface area contributed by atoms with Gasteiger partial charge < -0.3 is 5.32 Å². The summed E-state index contributed by atoms with van der Waals surface area (Å²) in [7, 11) is 0. The van der Waals surface area contributed by atoms with Crippen LogP contribution in [0.15, 0.2) is 140 Å². The maximum atomic E-state index is 4.77. The van der Waals surface area contributed by atoms with Crippen molar-refractivity contribution in [2.24, 2.45) is 0 Å². The van der Waals surface area contributed by atoms with Gasteiger partial charge in [0.25, 0.3) is 0 Å². The number of nitrogens with one attached hydrogen (secondary N) is 1. The number of hydrogen-bond acceptors (Lipinski definition) is 3. The molecule has 7 rings (SSSR count). The molecule has 0 fully saturated rings. The first-order chi connectivity index (χ1) is 18.8. The van der Waals surface area contributed by atoms with Gasteiger partial charge in [-0.2, -0.15) is 0 Å². The molecule has 0 radical (unpaired) electrons. The minimum atomic E-state index is 1.05. The zero-order chi connectivity index (χ0) is 25.3. The third-order valence-electron chi connectivity index (χ3n) is 6.92. The fourth-order valence-electron chi connectivity index (χ4n) is 4.92. The maximum absolute atomic E-state index is 4.77. The monoisotopic (exact) mass is 504 g/mol. The van der Waals surface area contributed by atoms with Gasteiger partial charge in [-0.25, -0.2) is 4.98 Å². The predicted octanol–water partition coefficient (Wildman–Crippen LogP) is 10.2. The van der Waals surface area contributed by atoms with E-state index < -0.39 is 0 Å². The molecule has 1 aromatic heterocycles. The van der Waals surface area contributed by atoms with E-state index in [1.165, 1.54) is 37.7 Å². The molecule has 180 valence electrons. The maximum Gasteiger partial charge on any atom is 0.124 e. The van der Waals surface area contributed by atoms with Crippen LogP contribution >= 0.6 is 11.3 Å². The molecule has 0 spiro atoms. The summed E-state index contributed by atoms with van der Waals surface area (Å²) in [5.41, 5.74) is 9.22. The molecule has 0 amide bonds. The molecule has 1 heterocycles. The molecule has 0 unspecified atom stereocenters. The number of para-hydroxylation sites is 1. The lowest BCUT2D eigenvalue weighted by Crippen LogP contribution is -1.90. The summed E-state index contributed by atoms with van der Waals surface area (Å²) < 4.78 is 1.22. The number of hydrogen-bond donors (Lipinski definition) is 1. The summed E-state index contributed by atoms with van der Waals surface area (Å²) in [6, 6.07) is 49.3. The van der Waals surface area contributed by atoms with Crippen LogP contribution < -0.4 is 5.32 Å². The topological polar surface area (TPSA) is 24.9 Å². The Kier molecular flexibility index (Phi) is 5.69. The average Bonchev–Trinajstić information content (AvgIpc) is 3.42. The Morgan fingerprint density at radius 2 is 1.05 bits per heavy atom. The number of rotatable bonds is 5. The highest BCUT2D eigenvalue weighted by Gasteiger charge is 2.07. The zero-order valence-electron chi connectivity index (χ0n) is 20.6. The SMILES string of the molecule is c1ccc2c(-c3ccc(-c4ccc(Nc5ccc(-c6nc7ccccc7s6)cc5)cc4)cc3)cccc2c1. The molecule has 7 aromatic rings. The molecule has 3 heteroatoms. The first kappa shape index (κ1) is 22.5. The van der Waals surface area contributed by atoms with Gasteiger partial charge in [-0.1, -0.05) is 91.0 Å². The van der Waals surface area contributed by atoms with Crippen molar-refractivity contribution in [3.63, 3.8) is 0 Å². The standard InChI is InChI=1S/C35H24N2S/c1-2-8-31-26(6-1)7-5-9-32(31)27-14-12-24(13-15-27)25-16-20-29(21-17-25)36-30-22-18-28(19-23-30)35-37-33-10-3-4-11-34(33)38-35/h1-23,36H. The highest BCUT2D eigenvalue weighted by atomic mass is 32.1. The second-order valence-corrected chi connectivity index (χ2v) is 10.4. The highest BCUT2D eigenvalue weighted by molar-refractivity contribution is 7.21. The molecule has 0 bridgehead atoms. The molecule has 0 saturated heterocycles. The largest absolute Gasteiger partial charge is 0.356 e. The van der Waals surface area contributed by atoms with Crippen LogP contribution in [0, 0.1) is 0 Å². The van der Waals surface area contributed by atoms with E-state index in [9.17, 15) is 0 Å². The Hall–Kier alpha value is -4.73. The summed E-state index contributed by atoms with van der Waals surface area (Å²) in [5.74, 6) is 0. The van der Waals surface area contributed by atoms with E-state index in [1.54, 1.807) is 11.3 Å². The van der Waals surface area contributed by atoms with Crippen molar-refractivity contribution in [3.8, 4) is 32.8 Å². The molecule has 2 nitrogen and oxygen atoms in total. The van der Waals surface area contributed by atoms with Crippen LogP contribution in [0.1, 0.15) is 0 Å². The molecular formula is C35H24N2S. The Bertz CT molecular complexity index is 1830. The van der Waals surface area contributed by atoms with Crippen molar-refractivity contribution in [2.75, 3.05) is 5.32 Å². The van der Waals surface area contributed by atoms with Crippen molar-refractivity contribution in [1.29, 1.82) is 0 Å². The Labute approximate surface area is 225 Å². The minimum absolute atomic E-state index is 1.05. The van der Waals surface area contributed by atoms with Crippen LogP contribution in [-0.2, 0) is 0 Å². The van der Waals surface area contributed by atoms with Gasteiger partial charge in [0.15, 0.2) is 0 Å². The summed E-state index contributed by atoms with van der Waals surface area (Å²) in [5, 5.41) is 7.12. The molecule has 0 aliphatic carbocycles. The second-order valence-electron chi connectivity index (χ2n) is 9.37. The van der Waals surface area contributed by atoms with Crippen molar-refractivity contribution in [2.45, 2.75) is 0 Å². The van der Waals surface area contributed by atoms with E-state index in [4.69, 9.17) is 4.98 Å². The molecule has 38 heavy (non-hydrogen) atoms. The van der Waals surface area contributed by atoms with Gasteiger partial charge in [0.2, 0.25) is 0 Å². The lowest BCUT2D eigenvalue weighted by molar-refractivity contribution is 1.47. The Morgan fingerprint density at radius 1 is 0.474 bits per heavy atom. The molecular weight excluding hydrogens is 480 g/mol. The van der Waals surface area contributed by atoms with Crippen molar-refractivity contribution < 1.29 is 0 Å². The number of nitrogens with zero attached hydrogens (tertiary/aromatic N) is 1. The molecule has 6 aromatic carbocycles. The van der Waals surface area contributed by atoms with E-state index in [0.29, 0.717) is 0 Å². The van der Waals surface area contributed by atoms with E-state index in [0.717, 1.165) is 27.5 Å². The summed E-state index contributed by atoms with van der Waals surface area (Å²) >= 11 is 1.73. The van der Waals surface area contributed by atoms with Crippen LogP contribution in [0.5, 0.6) is 0 Å². The number of anilines is 2. The van der Waals surface area contributed by atoms with Gasteiger partial charge in [0, 0.05) is 16.9 Å². The van der Waals surface area contributed by atoms with Crippen LogP contribution in [0.25, 0.3) is 53.8 Å². The zero-order valence-corrected chi connectivity index (χ0v) is 21.5. The lowest BCUT2D eigenvalue weighted by Gasteiger charge is -2.10. The molecule has 0 aliphatic heterocycles. The number of benzene rings is 6. The number of aromatic nitrogens is 1. The third kappa shape index (κ3) is 4.34. The van der Waals surface area contributed by atoms with E-state index in [-0.39, 0.29) is 0 Å². The summed E-state index contributed by atoms with van der Waals surface area (Å²) in [6.45, 7) is 0. The fourth-order valence-corrected chi connectivity index (χ4v) is 5.89. The highest BCUT2D eigenvalue weighted by Crippen LogP contribution is 2.33. The molecule has 0 saturated carbocycles. The number of fused-ring (bicyclic) bond motifs is 2. The normalized spacial score (nSPS) is 11.2. The van der Waals surface area contributed by atoms with Gasteiger partial charge in [-0.3, -0.25) is 0 Å². The molecule has 0 aliphatic rings.